The third-order valence-electron chi connectivity index (χ3n) is 4.79. The Hall–Kier alpha value is -0.380. The number of aliphatic hydroxyl groups is 5. The molecular formula is C20H28I3N3O8. The van der Waals surface area contributed by atoms with Crippen LogP contribution >= 0.6 is 67.8 Å². The van der Waals surface area contributed by atoms with E-state index in [4.69, 9.17) is 0 Å². The first-order valence-electron chi connectivity index (χ1n) is 10.1. The first-order valence-corrected chi connectivity index (χ1v) is 13.3. The maximum atomic E-state index is 12.6. The summed E-state index contributed by atoms with van der Waals surface area (Å²) in [6, 6.07) is -1.66. The summed E-state index contributed by atoms with van der Waals surface area (Å²) in [5.41, 5.74) is 1.47. The normalized spacial score (nSPS) is 12.1. The summed E-state index contributed by atoms with van der Waals surface area (Å²) in [5, 5.41) is 51.8. The molecule has 11 nitrogen and oxygen atoms in total. The molecule has 0 aliphatic carbocycles. The largest absolute Gasteiger partial charge is 0.394 e. The molecule has 1 atom stereocenters. The Morgan fingerprint density at radius 2 is 1.15 bits per heavy atom. The second kappa shape index (κ2) is 15.0. The maximum absolute atomic E-state index is 12.6. The van der Waals surface area contributed by atoms with Crippen LogP contribution in [0.15, 0.2) is 0 Å². The lowest BCUT2D eigenvalue weighted by molar-refractivity contribution is -0.125. The molecule has 34 heavy (non-hydrogen) atoms. The molecular weight excluding hydrogens is 791 g/mol. The van der Waals surface area contributed by atoms with E-state index in [-0.39, 0.29) is 12.8 Å². The average Bonchev–Trinajstić information content (AvgIpc) is 2.80. The van der Waals surface area contributed by atoms with E-state index in [1.54, 1.807) is 0 Å². The van der Waals surface area contributed by atoms with Crippen molar-refractivity contribution in [1.82, 2.24) is 10.6 Å². The quantitative estimate of drug-likeness (QED) is 0.130. The van der Waals surface area contributed by atoms with Crippen LogP contribution in [0.25, 0.3) is 0 Å². The van der Waals surface area contributed by atoms with Gasteiger partial charge in [0, 0.05) is 17.8 Å². The Balaban J connectivity index is 3.56. The highest BCUT2D eigenvalue weighted by Crippen LogP contribution is 2.38. The molecule has 14 heteroatoms. The number of anilines is 1. The second-order valence-corrected chi connectivity index (χ2v) is 10.7. The first-order chi connectivity index (χ1) is 15.9. The van der Waals surface area contributed by atoms with Crippen LogP contribution in [-0.4, -0.2) is 94.9 Å². The fraction of sp³-hybridized carbons (Fsp3) is 0.550. The van der Waals surface area contributed by atoms with E-state index in [1.807, 2.05) is 67.8 Å². The summed E-state index contributed by atoms with van der Waals surface area (Å²) in [4.78, 5) is 39.0. The van der Waals surface area contributed by atoms with Crippen LogP contribution in [0.5, 0.6) is 0 Å². The van der Waals surface area contributed by atoms with Crippen molar-refractivity contribution >= 4 is 91.2 Å². The number of nitrogens with one attached hydrogen (secondary N) is 2. The topological polar surface area (TPSA) is 180 Å². The van der Waals surface area contributed by atoms with Gasteiger partial charge in [0.1, 0.15) is 6.10 Å². The molecule has 1 rings (SSSR count). The molecule has 0 aromatic heterocycles. The number of benzene rings is 1. The second-order valence-electron chi connectivity index (χ2n) is 7.43. The molecule has 1 aromatic carbocycles. The predicted octanol–water partition coefficient (Wildman–Crippen LogP) is -1.13. The average molecular weight is 819 g/mol. The van der Waals surface area contributed by atoms with Gasteiger partial charge >= 0.3 is 0 Å². The predicted molar refractivity (Wildman–Crippen MR) is 149 cm³/mol. The van der Waals surface area contributed by atoms with Crippen molar-refractivity contribution in [3.8, 4) is 0 Å². The molecule has 7 N–H and O–H groups in total. The highest BCUT2D eigenvalue weighted by atomic mass is 127. The zero-order valence-electron chi connectivity index (χ0n) is 18.5. The van der Waals surface area contributed by atoms with Crippen LogP contribution in [0, 0.1) is 10.7 Å². The third-order valence-corrected chi connectivity index (χ3v) is 8.41. The number of hydrogen-bond donors (Lipinski definition) is 7. The Bertz CT molecular complexity index is 837. The first kappa shape index (κ1) is 31.6. The van der Waals surface area contributed by atoms with Crippen molar-refractivity contribution < 1.29 is 39.9 Å². The van der Waals surface area contributed by atoms with Crippen molar-refractivity contribution in [2.24, 2.45) is 0 Å². The molecule has 3 amide bonds. The molecule has 1 aromatic rings. The number of carbonyl (C=O) groups is 3. The molecule has 1 unspecified atom stereocenters. The molecule has 0 bridgehead atoms. The fourth-order valence-corrected chi connectivity index (χ4v) is 7.58. The van der Waals surface area contributed by atoms with Crippen LogP contribution < -0.4 is 15.5 Å². The highest BCUT2D eigenvalue weighted by molar-refractivity contribution is 14.1. The van der Waals surface area contributed by atoms with Crippen LogP contribution in [0.1, 0.15) is 18.1 Å². The molecule has 192 valence electrons. The summed E-state index contributed by atoms with van der Waals surface area (Å²) in [5.74, 6) is -1.53. The van der Waals surface area contributed by atoms with E-state index in [2.05, 4.69) is 10.6 Å². The van der Waals surface area contributed by atoms with E-state index >= 15 is 0 Å². The molecule has 0 radical (unpaired) electrons. The maximum Gasteiger partial charge on any atom is 0.255 e. The minimum Gasteiger partial charge on any atom is -0.394 e. The van der Waals surface area contributed by atoms with Gasteiger partial charge in [-0.1, -0.05) is 0 Å². The molecule has 0 saturated carbocycles. The summed E-state index contributed by atoms with van der Waals surface area (Å²) < 4.78 is 1.73. The Morgan fingerprint density at radius 1 is 0.794 bits per heavy atom. The van der Waals surface area contributed by atoms with E-state index in [0.29, 0.717) is 27.5 Å². The van der Waals surface area contributed by atoms with Crippen molar-refractivity contribution in [1.29, 1.82) is 0 Å². The molecule has 0 aliphatic rings. The smallest absolute Gasteiger partial charge is 0.255 e. The lowest BCUT2D eigenvalue weighted by Crippen LogP contribution is -2.42. The van der Waals surface area contributed by atoms with Gasteiger partial charge in [-0.05, 0) is 85.8 Å². The number of likely N-dealkylation sites (N-methyl/N-ethyl adjacent to an activating group) is 1. The molecule has 0 heterocycles. The molecule has 0 aliphatic heterocycles. The third kappa shape index (κ3) is 8.34. The van der Waals surface area contributed by atoms with E-state index in [9.17, 15) is 39.9 Å². The zero-order valence-corrected chi connectivity index (χ0v) is 25.0. The summed E-state index contributed by atoms with van der Waals surface area (Å²) >= 11 is 6.02. The fourth-order valence-electron chi connectivity index (χ4n) is 2.93. The number of hydrogen-bond acceptors (Lipinski definition) is 8. The van der Waals surface area contributed by atoms with E-state index < -0.39 is 62.3 Å². The van der Waals surface area contributed by atoms with Gasteiger partial charge in [-0.2, -0.15) is 0 Å². The Morgan fingerprint density at radius 3 is 1.44 bits per heavy atom. The number of carbonyl (C=O) groups excluding carboxylic acids is 3. The number of halogens is 3. The monoisotopic (exact) mass is 819 g/mol. The van der Waals surface area contributed by atoms with E-state index in [1.165, 1.54) is 18.9 Å². The van der Waals surface area contributed by atoms with Crippen molar-refractivity contribution in [2.45, 2.75) is 38.0 Å². The van der Waals surface area contributed by atoms with Gasteiger partial charge < -0.3 is 41.1 Å². The SMILES string of the molecule is CC(O)C(=O)N(C)c1c(I)c(CC(=O)NC(CO)CO)c(I)c(CC(=O)NC(CO)CO)c1I. The number of nitrogens with zero attached hydrogens (tertiary/aromatic N) is 1. The lowest BCUT2D eigenvalue weighted by Gasteiger charge is -2.26. The Labute approximate surface area is 238 Å². The minimum atomic E-state index is -1.28. The molecule has 0 saturated heterocycles. The van der Waals surface area contributed by atoms with Crippen molar-refractivity contribution in [3.05, 3.63) is 21.8 Å². The van der Waals surface area contributed by atoms with Crippen LogP contribution in [-0.2, 0) is 27.2 Å². The highest BCUT2D eigenvalue weighted by Gasteiger charge is 2.28. The number of aliphatic hydroxyl groups excluding tert-OH is 5. The zero-order chi connectivity index (χ0) is 26.2. The van der Waals surface area contributed by atoms with Crippen molar-refractivity contribution in [2.75, 3.05) is 38.4 Å². The summed E-state index contributed by atoms with van der Waals surface area (Å²) in [6.07, 6.45) is -1.59. The van der Waals surface area contributed by atoms with Gasteiger partial charge in [0.25, 0.3) is 5.91 Å². The van der Waals surface area contributed by atoms with Crippen LogP contribution in [0.2, 0.25) is 0 Å². The van der Waals surface area contributed by atoms with Gasteiger partial charge in [-0.3, -0.25) is 14.4 Å². The summed E-state index contributed by atoms with van der Waals surface area (Å²) in [7, 11) is 1.48. The van der Waals surface area contributed by atoms with Crippen LogP contribution in [0.4, 0.5) is 5.69 Å². The van der Waals surface area contributed by atoms with Gasteiger partial charge in [-0.15, -0.1) is 0 Å². The molecule has 0 spiro atoms. The van der Waals surface area contributed by atoms with Gasteiger partial charge in [0.05, 0.1) is 57.0 Å². The van der Waals surface area contributed by atoms with Crippen molar-refractivity contribution in [3.63, 3.8) is 0 Å². The Kier molecular flexibility index (Phi) is 14.0. The lowest BCUT2D eigenvalue weighted by atomic mass is 10.0. The van der Waals surface area contributed by atoms with E-state index in [0.717, 1.165) is 0 Å². The van der Waals surface area contributed by atoms with Gasteiger partial charge in [0.2, 0.25) is 11.8 Å². The van der Waals surface area contributed by atoms with Crippen LogP contribution in [0.3, 0.4) is 0 Å². The van der Waals surface area contributed by atoms with Gasteiger partial charge in [-0.25, -0.2) is 0 Å². The molecule has 0 fully saturated rings. The number of rotatable bonds is 12. The van der Waals surface area contributed by atoms with Gasteiger partial charge in [0.15, 0.2) is 0 Å². The summed E-state index contributed by atoms with van der Waals surface area (Å²) in [6.45, 7) is -0.434. The standard InChI is InChI=1S/C20H28I3N3O8/c1-9(31)20(34)26(2)19-17(22)12(3-14(32)24-10(5-27)6-28)16(21)13(18(19)23)4-15(33)25-11(7-29)8-30/h9-11,27-31H,3-8H2,1-2H3,(H,24,32)(H,25,33). The minimum absolute atomic E-state index is 0.155. The number of amides is 3.